The minimum atomic E-state index is 0.542. The fourth-order valence-corrected chi connectivity index (χ4v) is 3.61. The number of rotatable bonds is 3. The SMILES string of the molecule is Cc1cnc(N2CCC[C@H](c3ccccc3)C2)nc1-c1ccnn1C. The van der Waals surface area contributed by atoms with Crippen molar-refractivity contribution in [2.75, 3.05) is 18.0 Å². The molecule has 4 rings (SSSR count). The van der Waals surface area contributed by atoms with Crippen LogP contribution in [0.3, 0.4) is 0 Å². The standard InChI is InChI=1S/C20H23N5/c1-15-13-21-20(23-19(15)18-10-11-22-24(18)2)25-12-6-9-17(14-25)16-7-4-3-5-8-16/h3-5,7-8,10-11,13,17H,6,9,12,14H2,1-2H3/t17-/m0/s1. The highest BCUT2D eigenvalue weighted by Crippen LogP contribution is 2.29. The highest BCUT2D eigenvalue weighted by molar-refractivity contribution is 5.60. The lowest BCUT2D eigenvalue weighted by Gasteiger charge is -2.33. The van der Waals surface area contributed by atoms with Crippen LogP contribution in [0.15, 0.2) is 48.8 Å². The van der Waals surface area contributed by atoms with Gasteiger partial charge in [0.1, 0.15) is 0 Å². The van der Waals surface area contributed by atoms with Crippen molar-refractivity contribution >= 4 is 5.95 Å². The van der Waals surface area contributed by atoms with Crippen LogP contribution in [0.25, 0.3) is 11.4 Å². The quantitative estimate of drug-likeness (QED) is 0.735. The van der Waals surface area contributed by atoms with Crippen molar-refractivity contribution < 1.29 is 0 Å². The van der Waals surface area contributed by atoms with Crippen molar-refractivity contribution in [1.82, 2.24) is 19.7 Å². The highest BCUT2D eigenvalue weighted by Gasteiger charge is 2.23. The number of aromatic nitrogens is 4. The van der Waals surface area contributed by atoms with Gasteiger partial charge in [0, 0.05) is 38.4 Å². The smallest absolute Gasteiger partial charge is 0.225 e. The van der Waals surface area contributed by atoms with Crippen LogP contribution in [0.1, 0.15) is 29.9 Å². The maximum Gasteiger partial charge on any atom is 0.225 e. The summed E-state index contributed by atoms with van der Waals surface area (Å²) in [4.78, 5) is 11.8. The van der Waals surface area contributed by atoms with Crippen molar-refractivity contribution in [1.29, 1.82) is 0 Å². The molecule has 128 valence electrons. The lowest BCUT2D eigenvalue weighted by Crippen LogP contribution is -2.35. The van der Waals surface area contributed by atoms with E-state index in [0.29, 0.717) is 5.92 Å². The van der Waals surface area contributed by atoms with Gasteiger partial charge in [0.05, 0.1) is 11.4 Å². The van der Waals surface area contributed by atoms with E-state index in [1.54, 1.807) is 0 Å². The van der Waals surface area contributed by atoms with E-state index in [1.165, 1.54) is 12.0 Å². The molecule has 1 aromatic carbocycles. The van der Waals surface area contributed by atoms with Crippen LogP contribution in [0.4, 0.5) is 5.95 Å². The molecule has 1 aliphatic rings. The molecule has 0 amide bonds. The fourth-order valence-electron chi connectivity index (χ4n) is 3.61. The summed E-state index contributed by atoms with van der Waals surface area (Å²) in [5.41, 5.74) is 4.47. The van der Waals surface area contributed by atoms with E-state index in [0.717, 1.165) is 42.4 Å². The molecule has 3 aromatic rings. The van der Waals surface area contributed by atoms with Crippen molar-refractivity contribution in [2.24, 2.45) is 7.05 Å². The molecule has 0 bridgehead atoms. The second-order valence-electron chi connectivity index (χ2n) is 6.74. The predicted molar refractivity (Wildman–Crippen MR) is 99.6 cm³/mol. The van der Waals surface area contributed by atoms with E-state index < -0.39 is 0 Å². The van der Waals surface area contributed by atoms with E-state index in [1.807, 2.05) is 30.2 Å². The van der Waals surface area contributed by atoms with Gasteiger partial charge in [-0.3, -0.25) is 4.68 Å². The lowest BCUT2D eigenvalue weighted by molar-refractivity contribution is 0.503. The summed E-state index contributed by atoms with van der Waals surface area (Å²) in [5, 5.41) is 4.27. The van der Waals surface area contributed by atoms with E-state index in [2.05, 4.69) is 52.2 Å². The summed E-state index contributed by atoms with van der Waals surface area (Å²) in [5.74, 6) is 1.36. The van der Waals surface area contributed by atoms with Crippen LogP contribution in [-0.2, 0) is 7.05 Å². The van der Waals surface area contributed by atoms with Gasteiger partial charge in [-0.05, 0) is 37.0 Å². The molecular weight excluding hydrogens is 310 g/mol. The summed E-state index contributed by atoms with van der Waals surface area (Å²) in [6.07, 6.45) is 6.12. The average molecular weight is 333 g/mol. The molecular formula is C20H23N5. The Bertz CT molecular complexity index is 856. The molecule has 25 heavy (non-hydrogen) atoms. The zero-order chi connectivity index (χ0) is 17.2. The molecule has 5 heteroatoms. The van der Waals surface area contributed by atoms with Gasteiger partial charge in [-0.15, -0.1) is 0 Å². The van der Waals surface area contributed by atoms with Crippen LogP contribution < -0.4 is 4.90 Å². The molecule has 1 fully saturated rings. The Morgan fingerprint density at radius 1 is 1.12 bits per heavy atom. The Morgan fingerprint density at radius 3 is 2.72 bits per heavy atom. The Kier molecular flexibility index (Phi) is 4.22. The first kappa shape index (κ1) is 15.8. The number of hydrogen-bond donors (Lipinski definition) is 0. The lowest BCUT2D eigenvalue weighted by atomic mass is 9.91. The van der Waals surface area contributed by atoms with Gasteiger partial charge >= 0.3 is 0 Å². The third kappa shape index (κ3) is 3.14. The largest absolute Gasteiger partial charge is 0.340 e. The van der Waals surface area contributed by atoms with Crippen LogP contribution in [0.2, 0.25) is 0 Å². The van der Waals surface area contributed by atoms with Gasteiger partial charge in [-0.1, -0.05) is 30.3 Å². The molecule has 1 saturated heterocycles. The van der Waals surface area contributed by atoms with E-state index in [-0.39, 0.29) is 0 Å². The summed E-state index contributed by atoms with van der Waals surface area (Å²) < 4.78 is 1.86. The molecule has 0 saturated carbocycles. The monoisotopic (exact) mass is 333 g/mol. The van der Waals surface area contributed by atoms with Crippen LogP contribution in [0.5, 0.6) is 0 Å². The molecule has 1 atom stereocenters. The summed E-state index contributed by atoms with van der Waals surface area (Å²) in [6, 6.07) is 12.8. The number of piperidine rings is 1. The Balaban J connectivity index is 1.62. The third-order valence-corrected chi connectivity index (χ3v) is 5.00. The number of hydrogen-bond acceptors (Lipinski definition) is 4. The van der Waals surface area contributed by atoms with Gasteiger partial charge in [0.2, 0.25) is 5.95 Å². The van der Waals surface area contributed by atoms with Crippen molar-refractivity contribution in [3.63, 3.8) is 0 Å². The number of aryl methyl sites for hydroxylation is 2. The normalized spacial score (nSPS) is 17.7. The van der Waals surface area contributed by atoms with Crippen LogP contribution >= 0.6 is 0 Å². The average Bonchev–Trinajstić information content (AvgIpc) is 3.09. The van der Waals surface area contributed by atoms with Gasteiger partial charge in [0.25, 0.3) is 0 Å². The first-order chi connectivity index (χ1) is 12.2. The topological polar surface area (TPSA) is 46.8 Å². The predicted octanol–water partition coefficient (Wildman–Crippen LogP) is 3.57. The summed E-state index contributed by atoms with van der Waals surface area (Å²) in [6.45, 7) is 4.03. The molecule has 0 unspecified atom stereocenters. The number of anilines is 1. The van der Waals surface area contributed by atoms with Gasteiger partial charge in [0.15, 0.2) is 0 Å². The Labute approximate surface area is 148 Å². The first-order valence-electron chi connectivity index (χ1n) is 8.84. The van der Waals surface area contributed by atoms with Crippen molar-refractivity contribution in [3.05, 3.63) is 59.9 Å². The minimum Gasteiger partial charge on any atom is -0.340 e. The minimum absolute atomic E-state index is 0.542. The zero-order valence-corrected chi connectivity index (χ0v) is 14.8. The molecule has 0 aliphatic carbocycles. The fraction of sp³-hybridized carbons (Fsp3) is 0.350. The van der Waals surface area contributed by atoms with E-state index in [9.17, 15) is 0 Å². The second-order valence-corrected chi connectivity index (χ2v) is 6.74. The van der Waals surface area contributed by atoms with E-state index >= 15 is 0 Å². The molecule has 3 heterocycles. The molecule has 1 aliphatic heterocycles. The van der Waals surface area contributed by atoms with Gasteiger partial charge < -0.3 is 4.90 Å². The van der Waals surface area contributed by atoms with Gasteiger partial charge in [-0.2, -0.15) is 5.10 Å². The number of benzene rings is 1. The van der Waals surface area contributed by atoms with E-state index in [4.69, 9.17) is 4.98 Å². The summed E-state index contributed by atoms with van der Waals surface area (Å²) in [7, 11) is 1.95. The highest BCUT2D eigenvalue weighted by atomic mass is 15.3. The van der Waals surface area contributed by atoms with Crippen molar-refractivity contribution in [3.8, 4) is 11.4 Å². The zero-order valence-electron chi connectivity index (χ0n) is 14.8. The molecule has 0 spiro atoms. The van der Waals surface area contributed by atoms with Crippen LogP contribution in [-0.4, -0.2) is 32.8 Å². The van der Waals surface area contributed by atoms with Gasteiger partial charge in [-0.25, -0.2) is 9.97 Å². The third-order valence-electron chi connectivity index (χ3n) is 5.00. The second kappa shape index (κ2) is 6.67. The molecule has 0 N–H and O–H groups in total. The molecule has 0 radical (unpaired) electrons. The Hall–Kier alpha value is -2.69. The molecule has 5 nitrogen and oxygen atoms in total. The maximum atomic E-state index is 4.88. The number of nitrogens with zero attached hydrogens (tertiary/aromatic N) is 5. The maximum absolute atomic E-state index is 4.88. The summed E-state index contributed by atoms with van der Waals surface area (Å²) >= 11 is 0. The molecule has 2 aromatic heterocycles. The van der Waals surface area contributed by atoms with Crippen LogP contribution in [0, 0.1) is 6.92 Å². The Morgan fingerprint density at radius 2 is 1.96 bits per heavy atom. The van der Waals surface area contributed by atoms with Crippen molar-refractivity contribution in [2.45, 2.75) is 25.7 Å². The first-order valence-corrected chi connectivity index (χ1v) is 8.84.